The molecule has 0 saturated carbocycles. The van der Waals surface area contributed by atoms with E-state index in [9.17, 15) is 9.90 Å². The Morgan fingerprint density at radius 3 is 2.78 bits per heavy atom. The summed E-state index contributed by atoms with van der Waals surface area (Å²) in [6, 6.07) is 7.25. The van der Waals surface area contributed by atoms with Crippen molar-refractivity contribution < 1.29 is 9.90 Å². The van der Waals surface area contributed by atoms with Crippen molar-refractivity contribution in [3.63, 3.8) is 0 Å². The Morgan fingerprint density at radius 2 is 2.17 bits per heavy atom. The lowest BCUT2D eigenvalue weighted by atomic mass is 9.98. The lowest BCUT2D eigenvalue weighted by molar-refractivity contribution is 0.0714. The molecule has 2 rings (SSSR count). The van der Waals surface area contributed by atoms with Gasteiger partial charge >= 0.3 is 0 Å². The maximum absolute atomic E-state index is 12.4. The number of benzene rings is 1. The van der Waals surface area contributed by atoms with E-state index in [1.54, 1.807) is 31.6 Å². The van der Waals surface area contributed by atoms with Crippen molar-refractivity contribution in [3.8, 4) is 0 Å². The van der Waals surface area contributed by atoms with Crippen molar-refractivity contribution in [3.05, 3.63) is 47.5 Å². The molecule has 1 heterocycles. The molecule has 0 aliphatic carbocycles. The summed E-state index contributed by atoms with van der Waals surface area (Å²) in [7, 11) is 1.79. The van der Waals surface area contributed by atoms with Crippen LogP contribution >= 0.6 is 0 Å². The van der Waals surface area contributed by atoms with Gasteiger partial charge in [-0.3, -0.25) is 9.48 Å². The number of nitrogens with zero attached hydrogens (tertiary/aromatic N) is 3. The number of hydrogen-bond acceptors (Lipinski definition) is 4. The summed E-state index contributed by atoms with van der Waals surface area (Å²) in [5.41, 5.74) is 0.927. The predicted octanol–water partition coefficient (Wildman–Crippen LogP) is 2.01. The molecule has 0 fully saturated rings. The number of carbonyl (C=O) groups excluding carboxylic acids is 1. The van der Waals surface area contributed by atoms with Crippen LogP contribution in [0.15, 0.2) is 30.6 Å². The number of aromatic nitrogens is 3. The highest BCUT2D eigenvalue weighted by molar-refractivity contribution is 5.94. The summed E-state index contributed by atoms with van der Waals surface area (Å²) in [5.74, 6) is 0.558. The first kappa shape index (κ1) is 17.1. The number of nitrogens with one attached hydrogen (secondary N) is 1. The molecule has 0 bridgehead atoms. The van der Waals surface area contributed by atoms with E-state index in [0.29, 0.717) is 17.8 Å². The lowest BCUT2D eigenvalue weighted by Crippen LogP contribution is -2.28. The molecule has 6 nitrogen and oxygen atoms in total. The monoisotopic (exact) mass is 316 g/mol. The minimum atomic E-state index is -0.710. The van der Waals surface area contributed by atoms with Crippen LogP contribution in [0.5, 0.6) is 0 Å². The van der Waals surface area contributed by atoms with Crippen LogP contribution < -0.4 is 5.32 Å². The van der Waals surface area contributed by atoms with E-state index in [0.717, 1.165) is 12.0 Å². The Hall–Kier alpha value is -2.21. The van der Waals surface area contributed by atoms with E-state index in [4.69, 9.17) is 0 Å². The molecule has 124 valence electrons. The molecule has 0 aliphatic heterocycles. The van der Waals surface area contributed by atoms with Crippen molar-refractivity contribution in [2.75, 3.05) is 0 Å². The van der Waals surface area contributed by atoms with E-state index >= 15 is 0 Å². The van der Waals surface area contributed by atoms with Gasteiger partial charge in [0.05, 0.1) is 11.6 Å². The molecule has 1 aromatic heterocycles. The molecule has 1 aromatic carbocycles. The number of rotatable bonds is 6. The average molecular weight is 316 g/mol. The minimum Gasteiger partial charge on any atom is -0.390 e. The van der Waals surface area contributed by atoms with Gasteiger partial charge in [0.25, 0.3) is 5.91 Å². The van der Waals surface area contributed by atoms with Gasteiger partial charge in [0, 0.05) is 12.6 Å². The highest BCUT2D eigenvalue weighted by atomic mass is 16.3. The SMILES string of the molecule is C[C@H](NC(=O)c1cccc(CCC(C)(C)O)c1)c1ncnn1C. The number of carbonyl (C=O) groups is 1. The Kier molecular flexibility index (Phi) is 5.15. The van der Waals surface area contributed by atoms with E-state index in [1.165, 1.54) is 6.33 Å². The second-order valence-corrected chi connectivity index (χ2v) is 6.45. The molecule has 0 radical (unpaired) electrons. The number of hydrogen-bond donors (Lipinski definition) is 2. The van der Waals surface area contributed by atoms with Gasteiger partial charge in [0.15, 0.2) is 0 Å². The fourth-order valence-electron chi connectivity index (χ4n) is 2.36. The number of amides is 1. The molecular formula is C17H24N4O2. The Balaban J connectivity index is 2.03. The largest absolute Gasteiger partial charge is 0.390 e. The van der Waals surface area contributed by atoms with Gasteiger partial charge in [0.2, 0.25) is 0 Å². The first-order valence-corrected chi connectivity index (χ1v) is 7.72. The molecule has 23 heavy (non-hydrogen) atoms. The zero-order valence-electron chi connectivity index (χ0n) is 14.1. The standard InChI is InChI=1S/C17H24N4O2/c1-12(15-18-11-19-21(15)4)20-16(22)14-7-5-6-13(10-14)8-9-17(2,3)23/h5-7,10-12,23H,8-9H2,1-4H3,(H,20,22)/t12-/m0/s1. The van der Waals surface area contributed by atoms with Crippen LogP contribution in [-0.2, 0) is 13.5 Å². The summed E-state index contributed by atoms with van der Waals surface area (Å²) >= 11 is 0. The first-order valence-electron chi connectivity index (χ1n) is 7.72. The molecular weight excluding hydrogens is 292 g/mol. The van der Waals surface area contributed by atoms with Gasteiger partial charge in [-0.05, 0) is 51.3 Å². The Bertz CT molecular complexity index is 673. The quantitative estimate of drug-likeness (QED) is 0.854. The molecule has 2 aromatic rings. The molecule has 0 aliphatic rings. The molecule has 0 spiro atoms. The molecule has 0 saturated heterocycles. The van der Waals surface area contributed by atoms with Crippen LogP contribution in [0.3, 0.4) is 0 Å². The third kappa shape index (κ3) is 4.89. The highest BCUT2D eigenvalue weighted by Crippen LogP contribution is 2.15. The topological polar surface area (TPSA) is 80.0 Å². The van der Waals surface area contributed by atoms with Gasteiger partial charge in [-0.25, -0.2) is 4.98 Å². The van der Waals surface area contributed by atoms with Crippen molar-refractivity contribution in [2.45, 2.75) is 45.3 Å². The van der Waals surface area contributed by atoms with Crippen LogP contribution in [0.4, 0.5) is 0 Å². The fraction of sp³-hybridized carbons (Fsp3) is 0.471. The Morgan fingerprint density at radius 1 is 1.43 bits per heavy atom. The summed E-state index contributed by atoms with van der Waals surface area (Å²) < 4.78 is 1.64. The van der Waals surface area contributed by atoms with Gasteiger partial charge in [-0.15, -0.1) is 0 Å². The van der Waals surface area contributed by atoms with Crippen LogP contribution in [-0.4, -0.2) is 31.4 Å². The van der Waals surface area contributed by atoms with Gasteiger partial charge < -0.3 is 10.4 Å². The number of aryl methyl sites for hydroxylation is 2. The second kappa shape index (κ2) is 6.91. The zero-order valence-corrected chi connectivity index (χ0v) is 14.1. The molecule has 2 N–H and O–H groups in total. The zero-order chi connectivity index (χ0) is 17.0. The molecule has 1 atom stereocenters. The van der Waals surface area contributed by atoms with E-state index in [-0.39, 0.29) is 11.9 Å². The van der Waals surface area contributed by atoms with E-state index < -0.39 is 5.60 Å². The van der Waals surface area contributed by atoms with Crippen molar-refractivity contribution in [1.29, 1.82) is 0 Å². The van der Waals surface area contributed by atoms with Crippen LogP contribution in [0.1, 0.15) is 55.0 Å². The summed E-state index contributed by atoms with van der Waals surface area (Å²) in [4.78, 5) is 16.5. The molecule has 6 heteroatoms. The highest BCUT2D eigenvalue weighted by Gasteiger charge is 2.16. The van der Waals surface area contributed by atoms with Gasteiger partial charge in [-0.2, -0.15) is 5.10 Å². The Labute approximate surface area is 136 Å². The van der Waals surface area contributed by atoms with Gasteiger partial charge in [-0.1, -0.05) is 12.1 Å². The fourth-order valence-corrected chi connectivity index (χ4v) is 2.36. The minimum absolute atomic E-state index is 0.148. The van der Waals surface area contributed by atoms with Crippen LogP contribution in [0, 0.1) is 0 Å². The third-order valence-electron chi connectivity index (χ3n) is 3.70. The third-order valence-corrected chi connectivity index (χ3v) is 3.70. The summed E-state index contributed by atoms with van der Waals surface area (Å²) in [6.07, 6.45) is 2.84. The number of aliphatic hydroxyl groups is 1. The van der Waals surface area contributed by atoms with Gasteiger partial charge in [0.1, 0.15) is 12.2 Å². The summed E-state index contributed by atoms with van der Waals surface area (Å²) in [5, 5.41) is 16.8. The maximum atomic E-state index is 12.4. The van der Waals surface area contributed by atoms with E-state index in [1.807, 2.05) is 25.1 Å². The smallest absolute Gasteiger partial charge is 0.251 e. The van der Waals surface area contributed by atoms with Crippen molar-refractivity contribution >= 4 is 5.91 Å². The van der Waals surface area contributed by atoms with E-state index in [2.05, 4.69) is 15.4 Å². The van der Waals surface area contributed by atoms with Crippen LogP contribution in [0.25, 0.3) is 0 Å². The van der Waals surface area contributed by atoms with Crippen molar-refractivity contribution in [1.82, 2.24) is 20.1 Å². The average Bonchev–Trinajstić information content (AvgIpc) is 2.91. The summed E-state index contributed by atoms with van der Waals surface area (Å²) in [6.45, 7) is 5.44. The van der Waals surface area contributed by atoms with Crippen molar-refractivity contribution in [2.24, 2.45) is 7.05 Å². The van der Waals surface area contributed by atoms with Crippen LogP contribution in [0.2, 0.25) is 0 Å². The maximum Gasteiger partial charge on any atom is 0.251 e. The first-order chi connectivity index (χ1) is 10.8. The second-order valence-electron chi connectivity index (χ2n) is 6.45. The lowest BCUT2D eigenvalue weighted by Gasteiger charge is -2.17. The normalized spacial score (nSPS) is 12.9. The molecule has 0 unspecified atom stereocenters. The predicted molar refractivity (Wildman–Crippen MR) is 87.9 cm³/mol. The molecule has 1 amide bonds.